The van der Waals surface area contributed by atoms with Gasteiger partial charge >= 0.3 is 0 Å². The Morgan fingerprint density at radius 3 is 2.12 bits per heavy atom. The Morgan fingerprint density at radius 2 is 1.56 bits per heavy atom. The summed E-state index contributed by atoms with van der Waals surface area (Å²) in [6.45, 7) is 4.32. The molecule has 3 rings (SSSR count). The maximum absolute atomic E-state index is 4.40. The monoisotopic (exact) mass is 217 g/mol. The highest BCUT2D eigenvalue weighted by Gasteiger charge is 2.33. The fourth-order valence-electron chi connectivity index (χ4n) is 2.69. The molecule has 0 atom stereocenters. The molecule has 86 valence electrons. The van der Waals surface area contributed by atoms with E-state index in [0.29, 0.717) is 0 Å². The van der Waals surface area contributed by atoms with Gasteiger partial charge in [0.05, 0.1) is 0 Å². The lowest BCUT2D eigenvalue weighted by Crippen LogP contribution is -2.35. The van der Waals surface area contributed by atoms with E-state index >= 15 is 0 Å². The molecule has 3 nitrogen and oxygen atoms in total. The van der Waals surface area contributed by atoms with Gasteiger partial charge in [-0.25, -0.2) is 9.97 Å². The molecule has 1 aromatic heterocycles. The van der Waals surface area contributed by atoms with Crippen LogP contribution in [0.4, 0.5) is 5.95 Å². The standard InChI is InChI=1S/C13H19N3/c1-10-8-14-13(15-9-10)16-6-4-12(5-7-16)11-2-3-11/h8-9,11-12H,2-7H2,1H3. The van der Waals surface area contributed by atoms with Crippen LogP contribution in [0.1, 0.15) is 31.2 Å². The summed E-state index contributed by atoms with van der Waals surface area (Å²) in [7, 11) is 0. The molecule has 0 N–H and O–H groups in total. The minimum Gasteiger partial charge on any atom is -0.341 e. The third-order valence-electron chi connectivity index (χ3n) is 3.88. The van der Waals surface area contributed by atoms with E-state index in [0.717, 1.165) is 36.4 Å². The molecule has 1 aliphatic heterocycles. The molecular formula is C13H19N3. The maximum atomic E-state index is 4.40. The predicted octanol–water partition coefficient (Wildman–Crippen LogP) is 2.41. The molecule has 2 heterocycles. The predicted molar refractivity (Wildman–Crippen MR) is 64.4 cm³/mol. The van der Waals surface area contributed by atoms with Gasteiger partial charge in [-0.15, -0.1) is 0 Å². The van der Waals surface area contributed by atoms with Gasteiger partial charge < -0.3 is 4.90 Å². The summed E-state index contributed by atoms with van der Waals surface area (Å²) in [6.07, 6.45) is 9.45. The quantitative estimate of drug-likeness (QED) is 0.761. The zero-order chi connectivity index (χ0) is 11.0. The molecule has 0 aromatic carbocycles. The van der Waals surface area contributed by atoms with Crippen molar-refractivity contribution < 1.29 is 0 Å². The average molecular weight is 217 g/mol. The number of aryl methyl sites for hydroxylation is 1. The van der Waals surface area contributed by atoms with Crippen molar-refractivity contribution in [1.82, 2.24) is 9.97 Å². The maximum Gasteiger partial charge on any atom is 0.225 e. The zero-order valence-corrected chi connectivity index (χ0v) is 9.89. The van der Waals surface area contributed by atoms with Crippen LogP contribution in [-0.2, 0) is 0 Å². The highest BCUT2D eigenvalue weighted by molar-refractivity contribution is 5.30. The van der Waals surface area contributed by atoms with E-state index in [1.165, 1.54) is 25.7 Å². The lowest BCUT2D eigenvalue weighted by Gasteiger charge is -2.32. The van der Waals surface area contributed by atoms with Crippen molar-refractivity contribution in [3.63, 3.8) is 0 Å². The summed E-state index contributed by atoms with van der Waals surface area (Å²) in [6, 6.07) is 0. The van der Waals surface area contributed by atoms with Crippen LogP contribution >= 0.6 is 0 Å². The lowest BCUT2D eigenvalue weighted by atomic mass is 9.92. The van der Waals surface area contributed by atoms with Crippen LogP contribution in [0, 0.1) is 18.8 Å². The van der Waals surface area contributed by atoms with Crippen LogP contribution in [0.25, 0.3) is 0 Å². The van der Waals surface area contributed by atoms with Crippen LogP contribution in [0.2, 0.25) is 0 Å². The van der Waals surface area contributed by atoms with Crippen molar-refractivity contribution in [2.24, 2.45) is 11.8 Å². The van der Waals surface area contributed by atoms with Gasteiger partial charge in [-0.05, 0) is 50.0 Å². The van der Waals surface area contributed by atoms with Gasteiger partial charge in [0.1, 0.15) is 0 Å². The van der Waals surface area contributed by atoms with Crippen molar-refractivity contribution >= 4 is 5.95 Å². The first kappa shape index (κ1) is 10.1. The van der Waals surface area contributed by atoms with Crippen molar-refractivity contribution in [2.45, 2.75) is 32.6 Å². The number of nitrogens with zero attached hydrogens (tertiary/aromatic N) is 3. The summed E-state index contributed by atoms with van der Waals surface area (Å²) >= 11 is 0. The molecule has 2 fully saturated rings. The summed E-state index contributed by atoms with van der Waals surface area (Å²) in [5, 5.41) is 0. The molecule has 0 amide bonds. The number of hydrogen-bond donors (Lipinski definition) is 0. The molecule has 0 bridgehead atoms. The Labute approximate surface area is 96.9 Å². The molecular weight excluding hydrogens is 198 g/mol. The van der Waals surface area contributed by atoms with Crippen LogP contribution in [0.5, 0.6) is 0 Å². The molecule has 1 aromatic rings. The Bertz CT molecular complexity index is 348. The van der Waals surface area contributed by atoms with Crippen LogP contribution in [-0.4, -0.2) is 23.1 Å². The van der Waals surface area contributed by atoms with Crippen LogP contribution < -0.4 is 4.90 Å². The topological polar surface area (TPSA) is 29.0 Å². The Balaban J connectivity index is 1.62. The summed E-state index contributed by atoms with van der Waals surface area (Å²) in [5.41, 5.74) is 1.14. The zero-order valence-electron chi connectivity index (χ0n) is 9.89. The van der Waals surface area contributed by atoms with Gasteiger partial charge in [0.15, 0.2) is 0 Å². The third-order valence-corrected chi connectivity index (χ3v) is 3.88. The van der Waals surface area contributed by atoms with E-state index in [9.17, 15) is 0 Å². The molecule has 2 aliphatic rings. The molecule has 3 heteroatoms. The normalized spacial score (nSPS) is 22.4. The Kier molecular flexibility index (Phi) is 2.54. The molecule has 1 saturated carbocycles. The Morgan fingerprint density at radius 1 is 1.00 bits per heavy atom. The molecule has 0 unspecified atom stereocenters. The highest BCUT2D eigenvalue weighted by Crippen LogP contribution is 2.41. The molecule has 0 spiro atoms. The summed E-state index contributed by atoms with van der Waals surface area (Å²) < 4.78 is 0. The van der Waals surface area contributed by atoms with E-state index in [2.05, 4.69) is 14.9 Å². The van der Waals surface area contributed by atoms with Crippen molar-refractivity contribution in [2.75, 3.05) is 18.0 Å². The second-order valence-corrected chi connectivity index (χ2v) is 5.22. The SMILES string of the molecule is Cc1cnc(N2CCC(C3CC3)CC2)nc1. The molecule has 1 aliphatic carbocycles. The molecule has 1 saturated heterocycles. The average Bonchev–Trinajstić information content (AvgIpc) is 3.14. The van der Waals surface area contributed by atoms with Gasteiger partial charge in [0, 0.05) is 25.5 Å². The highest BCUT2D eigenvalue weighted by atomic mass is 15.2. The fraction of sp³-hybridized carbons (Fsp3) is 0.692. The van der Waals surface area contributed by atoms with Gasteiger partial charge in [0.25, 0.3) is 0 Å². The Hall–Kier alpha value is -1.12. The lowest BCUT2D eigenvalue weighted by molar-refractivity contribution is 0.361. The van der Waals surface area contributed by atoms with E-state index in [1.54, 1.807) is 0 Å². The minimum absolute atomic E-state index is 0.917. The van der Waals surface area contributed by atoms with Gasteiger partial charge in [0.2, 0.25) is 5.95 Å². The van der Waals surface area contributed by atoms with E-state index in [4.69, 9.17) is 0 Å². The van der Waals surface area contributed by atoms with Crippen LogP contribution in [0.15, 0.2) is 12.4 Å². The summed E-state index contributed by atoms with van der Waals surface area (Å²) in [4.78, 5) is 11.1. The van der Waals surface area contributed by atoms with Crippen molar-refractivity contribution in [3.05, 3.63) is 18.0 Å². The number of piperidine rings is 1. The largest absolute Gasteiger partial charge is 0.341 e. The van der Waals surface area contributed by atoms with Gasteiger partial charge in [-0.2, -0.15) is 0 Å². The van der Waals surface area contributed by atoms with Gasteiger partial charge in [-0.1, -0.05) is 0 Å². The first-order valence-electron chi connectivity index (χ1n) is 6.36. The van der Waals surface area contributed by atoms with E-state index < -0.39 is 0 Å². The summed E-state index contributed by atoms with van der Waals surface area (Å²) in [5.74, 6) is 2.96. The van der Waals surface area contributed by atoms with E-state index in [1.807, 2.05) is 19.3 Å². The van der Waals surface area contributed by atoms with Gasteiger partial charge in [-0.3, -0.25) is 0 Å². The fourth-order valence-corrected chi connectivity index (χ4v) is 2.69. The molecule has 16 heavy (non-hydrogen) atoms. The third kappa shape index (κ3) is 2.04. The number of hydrogen-bond acceptors (Lipinski definition) is 3. The number of rotatable bonds is 2. The first-order chi connectivity index (χ1) is 7.83. The van der Waals surface area contributed by atoms with Crippen LogP contribution in [0.3, 0.4) is 0 Å². The smallest absolute Gasteiger partial charge is 0.225 e. The number of anilines is 1. The minimum atomic E-state index is 0.917. The molecule has 0 radical (unpaired) electrons. The van der Waals surface area contributed by atoms with Crippen molar-refractivity contribution in [3.8, 4) is 0 Å². The second kappa shape index (κ2) is 4.04. The number of aromatic nitrogens is 2. The second-order valence-electron chi connectivity index (χ2n) is 5.22. The van der Waals surface area contributed by atoms with Crippen molar-refractivity contribution in [1.29, 1.82) is 0 Å². The van der Waals surface area contributed by atoms with E-state index in [-0.39, 0.29) is 0 Å². The first-order valence-corrected chi connectivity index (χ1v) is 6.36.